The van der Waals surface area contributed by atoms with Gasteiger partial charge in [0.15, 0.2) is 0 Å². The minimum absolute atomic E-state index is 0.000451. The Morgan fingerprint density at radius 1 is 1.25 bits per heavy atom. The van der Waals surface area contributed by atoms with Crippen LogP contribution in [0.15, 0.2) is 30.3 Å². The molecule has 5 nitrogen and oxygen atoms in total. The number of aliphatic hydroxyl groups excluding tert-OH is 1. The van der Waals surface area contributed by atoms with E-state index < -0.39 is 6.04 Å². The molecular formula is C23H28N2O3. The Balaban J connectivity index is 1.63. The molecule has 1 amide bonds. The zero-order valence-electron chi connectivity index (χ0n) is 16.2. The highest BCUT2D eigenvalue weighted by Gasteiger charge is 2.53. The molecule has 3 aliphatic rings. The van der Waals surface area contributed by atoms with Gasteiger partial charge >= 0.3 is 0 Å². The number of nitriles is 1. The van der Waals surface area contributed by atoms with Crippen LogP contribution in [-0.2, 0) is 9.53 Å². The lowest BCUT2D eigenvalue weighted by molar-refractivity contribution is -0.154. The first-order valence-electron chi connectivity index (χ1n) is 10.4. The summed E-state index contributed by atoms with van der Waals surface area (Å²) in [5.74, 6) is -0.242. The van der Waals surface area contributed by atoms with Crippen LogP contribution in [0, 0.1) is 17.2 Å². The standard InChI is InChI=1S/C23H28N2O3/c24-14-20-22(19-9-5-4-8-18(19)16-6-2-1-3-7-16)21(15-26)25(20)23(27)17-10-12-28-13-11-17/h4-6,8-9,17,20-22,26H,1-3,7,10-13,15H2/t20-,21+,22-/m0/s1. The molecule has 0 unspecified atom stereocenters. The monoisotopic (exact) mass is 380 g/mol. The number of hydrogen-bond donors (Lipinski definition) is 1. The summed E-state index contributed by atoms with van der Waals surface area (Å²) in [7, 11) is 0. The molecule has 0 bridgehead atoms. The SMILES string of the molecule is N#C[C@H]1[C@H](c2ccccc2C2=CCCCC2)[C@@H](CO)N1C(=O)C1CCOCC1. The van der Waals surface area contributed by atoms with E-state index in [0.29, 0.717) is 26.1 Å². The van der Waals surface area contributed by atoms with Crippen molar-refractivity contribution in [1.29, 1.82) is 5.26 Å². The molecule has 0 spiro atoms. The number of hydrogen-bond acceptors (Lipinski definition) is 4. The highest BCUT2D eigenvalue weighted by atomic mass is 16.5. The summed E-state index contributed by atoms with van der Waals surface area (Å²) in [6.07, 6.45) is 8.25. The normalized spacial score (nSPS) is 28.2. The lowest BCUT2D eigenvalue weighted by Crippen LogP contribution is -2.66. The number of rotatable bonds is 4. The van der Waals surface area contributed by atoms with Gasteiger partial charge in [0.25, 0.3) is 0 Å². The van der Waals surface area contributed by atoms with Crippen molar-refractivity contribution in [3.05, 3.63) is 41.5 Å². The van der Waals surface area contributed by atoms with Gasteiger partial charge in [0.2, 0.25) is 5.91 Å². The number of nitrogens with zero attached hydrogens (tertiary/aromatic N) is 2. The van der Waals surface area contributed by atoms with Gasteiger partial charge in [-0.05, 0) is 55.2 Å². The van der Waals surface area contributed by atoms with Crippen LogP contribution in [0.5, 0.6) is 0 Å². The van der Waals surface area contributed by atoms with E-state index in [9.17, 15) is 15.2 Å². The predicted molar refractivity (Wildman–Crippen MR) is 106 cm³/mol. The molecule has 1 aromatic carbocycles. The van der Waals surface area contributed by atoms with Gasteiger partial charge < -0.3 is 14.7 Å². The molecule has 3 atom stereocenters. The first kappa shape index (κ1) is 19.2. The number of likely N-dealkylation sites (tertiary alicyclic amines) is 1. The molecule has 0 radical (unpaired) electrons. The van der Waals surface area contributed by atoms with Crippen molar-refractivity contribution in [3.63, 3.8) is 0 Å². The van der Waals surface area contributed by atoms with Gasteiger partial charge in [-0.15, -0.1) is 0 Å². The van der Waals surface area contributed by atoms with Crippen molar-refractivity contribution < 1.29 is 14.6 Å². The number of carbonyl (C=O) groups is 1. The van der Waals surface area contributed by atoms with Crippen molar-refractivity contribution in [2.45, 2.75) is 56.5 Å². The van der Waals surface area contributed by atoms with Crippen LogP contribution >= 0.6 is 0 Å². The maximum absolute atomic E-state index is 13.1. The zero-order valence-corrected chi connectivity index (χ0v) is 16.2. The van der Waals surface area contributed by atoms with E-state index in [0.717, 1.165) is 18.4 Å². The van der Waals surface area contributed by atoms with Crippen molar-refractivity contribution in [2.24, 2.45) is 5.92 Å². The molecule has 0 saturated carbocycles. The van der Waals surface area contributed by atoms with E-state index in [4.69, 9.17) is 4.74 Å². The minimum atomic E-state index is -0.516. The van der Waals surface area contributed by atoms with Gasteiger partial charge in [0.05, 0.1) is 18.7 Å². The fourth-order valence-corrected chi connectivity index (χ4v) is 5.00. The number of allylic oxidation sites excluding steroid dienone is 2. The maximum atomic E-state index is 13.1. The van der Waals surface area contributed by atoms with E-state index in [1.165, 1.54) is 24.0 Å². The molecule has 2 aliphatic heterocycles. The Hall–Kier alpha value is -2.16. The topological polar surface area (TPSA) is 73.6 Å². The first-order valence-corrected chi connectivity index (χ1v) is 10.4. The molecule has 2 saturated heterocycles. The van der Waals surface area contributed by atoms with Crippen molar-refractivity contribution >= 4 is 11.5 Å². The van der Waals surface area contributed by atoms with Crippen LogP contribution < -0.4 is 0 Å². The Morgan fingerprint density at radius 2 is 2.04 bits per heavy atom. The van der Waals surface area contributed by atoms with Gasteiger partial charge in [-0.2, -0.15) is 5.26 Å². The molecule has 0 aromatic heterocycles. The second-order valence-corrected chi connectivity index (χ2v) is 8.04. The summed E-state index contributed by atoms with van der Waals surface area (Å²) in [5.41, 5.74) is 3.62. The second kappa shape index (κ2) is 8.46. The van der Waals surface area contributed by atoms with Crippen LogP contribution in [0.4, 0.5) is 0 Å². The molecule has 2 heterocycles. The molecule has 5 heteroatoms. The van der Waals surface area contributed by atoms with E-state index in [1.807, 2.05) is 12.1 Å². The average Bonchev–Trinajstić information content (AvgIpc) is 2.75. The summed E-state index contributed by atoms with van der Waals surface area (Å²) < 4.78 is 5.37. The van der Waals surface area contributed by atoms with Crippen LogP contribution in [0.25, 0.3) is 5.57 Å². The summed E-state index contributed by atoms with van der Waals surface area (Å²) in [6.45, 7) is 1.06. The third-order valence-corrected chi connectivity index (χ3v) is 6.51. The van der Waals surface area contributed by atoms with E-state index in [1.54, 1.807) is 4.90 Å². The van der Waals surface area contributed by atoms with Gasteiger partial charge in [-0.3, -0.25) is 4.79 Å². The molecular weight excluding hydrogens is 352 g/mol. The highest BCUT2D eigenvalue weighted by molar-refractivity contribution is 5.82. The summed E-state index contributed by atoms with van der Waals surface area (Å²) in [4.78, 5) is 14.7. The van der Waals surface area contributed by atoms with Gasteiger partial charge in [0.1, 0.15) is 6.04 Å². The summed E-state index contributed by atoms with van der Waals surface area (Å²) in [5, 5.41) is 20.0. The smallest absolute Gasteiger partial charge is 0.227 e. The fraction of sp³-hybridized carbons (Fsp3) is 0.565. The second-order valence-electron chi connectivity index (χ2n) is 8.04. The largest absolute Gasteiger partial charge is 0.394 e. The van der Waals surface area contributed by atoms with Gasteiger partial charge in [-0.1, -0.05) is 30.3 Å². The number of benzene rings is 1. The minimum Gasteiger partial charge on any atom is -0.394 e. The lowest BCUT2D eigenvalue weighted by Gasteiger charge is -2.53. The van der Waals surface area contributed by atoms with Crippen molar-refractivity contribution in [3.8, 4) is 6.07 Å². The summed E-state index contributed by atoms with van der Waals surface area (Å²) >= 11 is 0. The molecule has 2 fully saturated rings. The molecule has 148 valence electrons. The number of amides is 1. The van der Waals surface area contributed by atoms with Crippen molar-refractivity contribution in [1.82, 2.24) is 4.90 Å². The number of ether oxygens (including phenoxy) is 1. The van der Waals surface area contributed by atoms with E-state index in [2.05, 4.69) is 24.3 Å². The molecule has 1 aliphatic carbocycles. The fourth-order valence-electron chi connectivity index (χ4n) is 5.00. The molecule has 1 N–H and O–H groups in total. The quantitative estimate of drug-likeness (QED) is 0.870. The Bertz CT molecular complexity index is 791. The number of aliphatic hydroxyl groups is 1. The van der Waals surface area contributed by atoms with Crippen LogP contribution in [0.2, 0.25) is 0 Å². The van der Waals surface area contributed by atoms with E-state index >= 15 is 0 Å². The molecule has 1 aromatic rings. The Morgan fingerprint density at radius 3 is 2.71 bits per heavy atom. The molecule has 28 heavy (non-hydrogen) atoms. The van der Waals surface area contributed by atoms with Crippen molar-refractivity contribution in [2.75, 3.05) is 19.8 Å². The maximum Gasteiger partial charge on any atom is 0.227 e. The van der Waals surface area contributed by atoms with Gasteiger partial charge in [-0.25, -0.2) is 0 Å². The predicted octanol–water partition coefficient (Wildman–Crippen LogP) is 3.25. The first-order chi connectivity index (χ1) is 13.8. The highest BCUT2D eigenvalue weighted by Crippen LogP contribution is 2.45. The van der Waals surface area contributed by atoms with Gasteiger partial charge in [0, 0.05) is 25.0 Å². The average molecular weight is 380 g/mol. The number of carbonyl (C=O) groups excluding carboxylic acids is 1. The molecule has 4 rings (SSSR count). The summed E-state index contributed by atoms with van der Waals surface area (Å²) in [6, 6.07) is 9.73. The third-order valence-electron chi connectivity index (χ3n) is 6.51. The Labute approximate surface area is 166 Å². The van der Waals surface area contributed by atoms with Crippen LogP contribution in [0.3, 0.4) is 0 Å². The third kappa shape index (κ3) is 3.36. The van der Waals surface area contributed by atoms with Crippen LogP contribution in [-0.4, -0.2) is 47.8 Å². The Kier molecular flexibility index (Phi) is 5.79. The van der Waals surface area contributed by atoms with Crippen LogP contribution in [0.1, 0.15) is 55.6 Å². The lowest BCUT2D eigenvalue weighted by atomic mass is 9.72. The van der Waals surface area contributed by atoms with E-state index in [-0.39, 0.29) is 30.4 Å². The zero-order chi connectivity index (χ0) is 19.5.